The molecule has 0 radical (unpaired) electrons. The number of aliphatic hydroxyl groups is 2. The molecule has 0 aromatic heterocycles. The molecule has 7 heteroatoms. The van der Waals surface area contributed by atoms with Crippen LogP contribution in [-0.4, -0.2) is 29.5 Å². The van der Waals surface area contributed by atoms with Gasteiger partial charge in [0.2, 0.25) is 0 Å². The summed E-state index contributed by atoms with van der Waals surface area (Å²) in [5.74, 6) is -1.13. The Bertz CT molecular complexity index is 175. The Kier molecular flexibility index (Phi) is 9.78. The molecule has 0 aliphatic rings. The van der Waals surface area contributed by atoms with Crippen LogP contribution < -0.4 is 11.5 Å². The summed E-state index contributed by atoms with van der Waals surface area (Å²) in [6.07, 6.45) is 0. The lowest BCUT2D eigenvalue weighted by atomic mass is 10.8. The number of hydrogen-bond acceptors (Lipinski definition) is 5. The molecule has 0 unspecified atom stereocenters. The first-order valence-electron chi connectivity index (χ1n) is 3.88. The van der Waals surface area contributed by atoms with E-state index >= 15 is 0 Å². The number of ether oxygens (including phenoxy) is 2. The van der Waals surface area contributed by atoms with Crippen molar-refractivity contribution in [2.75, 3.05) is 13.2 Å². The fourth-order valence-electron chi connectivity index (χ4n) is 0.397. The summed E-state index contributed by atoms with van der Waals surface area (Å²) in [5, 5.41) is 17.5. The van der Waals surface area contributed by atoms with Crippen LogP contribution in [0.3, 0.4) is 0 Å². The van der Waals surface area contributed by atoms with Crippen molar-refractivity contribution >= 4 is 6.03 Å². The molecule has 0 atom stereocenters. The van der Waals surface area contributed by atoms with Crippen LogP contribution in [-0.2, 0) is 9.47 Å². The van der Waals surface area contributed by atoms with Gasteiger partial charge in [-0.25, -0.2) is 4.79 Å². The van der Waals surface area contributed by atoms with E-state index in [0.29, 0.717) is 13.2 Å². The van der Waals surface area contributed by atoms with Crippen molar-refractivity contribution in [1.29, 1.82) is 0 Å². The minimum Gasteiger partial charge on any atom is -0.476 e. The van der Waals surface area contributed by atoms with Gasteiger partial charge in [-0.3, -0.25) is 0 Å². The first-order valence-corrected chi connectivity index (χ1v) is 3.88. The van der Waals surface area contributed by atoms with Gasteiger partial charge < -0.3 is 31.2 Å². The molecule has 0 aliphatic heterocycles. The van der Waals surface area contributed by atoms with Gasteiger partial charge in [0.05, 0.1) is 13.2 Å². The lowest BCUT2D eigenvalue weighted by Gasteiger charge is -2.03. The van der Waals surface area contributed by atoms with Crippen LogP contribution in [0.4, 0.5) is 4.79 Å². The van der Waals surface area contributed by atoms with Gasteiger partial charge >= 0.3 is 17.9 Å². The van der Waals surface area contributed by atoms with Crippen molar-refractivity contribution in [3.63, 3.8) is 0 Å². The van der Waals surface area contributed by atoms with Gasteiger partial charge in [0, 0.05) is 0 Å². The van der Waals surface area contributed by atoms with Gasteiger partial charge in [-0.2, -0.15) is 0 Å². The van der Waals surface area contributed by atoms with Gasteiger partial charge in [0.1, 0.15) is 0 Å². The van der Waals surface area contributed by atoms with E-state index in [-0.39, 0.29) is 0 Å². The molecule has 0 aliphatic carbocycles. The maximum atomic E-state index is 9.00. The number of nitrogens with two attached hydrogens (primary N) is 2. The SMILES string of the molecule is CCOC(O)=C(O)OCC.NC(N)=O. The first kappa shape index (κ1) is 14.7. The number of amides is 2. The van der Waals surface area contributed by atoms with Gasteiger partial charge in [-0.1, -0.05) is 0 Å². The molecular weight excluding hydrogens is 192 g/mol. The lowest BCUT2D eigenvalue weighted by Crippen LogP contribution is -2.18. The van der Waals surface area contributed by atoms with Crippen LogP contribution in [0.1, 0.15) is 13.8 Å². The minimum absolute atomic E-state index is 0.295. The number of aliphatic hydroxyl groups excluding tert-OH is 2. The van der Waals surface area contributed by atoms with Crippen molar-refractivity contribution in [2.24, 2.45) is 11.5 Å². The van der Waals surface area contributed by atoms with E-state index in [4.69, 9.17) is 15.0 Å². The number of urea groups is 1. The topological polar surface area (TPSA) is 128 Å². The zero-order valence-corrected chi connectivity index (χ0v) is 8.19. The molecule has 6 N–H and O–H groups in total. The van der Waals surface area contributed by atoms with Crippen LogP contribution in [0.5, 0.6) is 0 Å². The summed E-state index contributed by atoms with van der Waals surface area (Å²) in [5.41, 5.74) is 8.50. The van der Waals surface area contributed by atoms with Crippen LogP contribution in [0, 0.1) is 0 Å². The van der Waals surface area contributed by atoms with Crippen LogP contribution in [0.15, 0.2) is 11.9 Å². The smallest absolute Gasteiger partial charge is 0.361 e. The van der Waals surface area contributed by atoms with Gasteiger partial charge in [-0.05, 0) is 13.8 Å². The highest BCUT2D eigenvalue weighted by Gasteiger charge is 2.03. The van der Waals surface area contributed by atoms with Gasteiger partial charge in [-0.15, -0.1) is 0 Å². The summed E-state index contributed by atoms with van der Waals surface area (Å²) < 4.78 is 9.03. The van der Waals surface area contributed by atoms with Crippen molar-refractivity contribution in [3.8, 4) is 0 Å². The lowest BCUT2D eigenvalue weighted by molar-refractivity contribution is 0.0150. The van der Waals surface area contributed by atoms with E-state index in [0.717, 1.165) is 0 Å². The normalized spacial score (nSPS) is 10.4. The van der Waals surface area contributed by atoms with Gasteiger partial charge in [0.15, 0.2) is 0 Å². The first-order chi connectivity index (χ1) is 6.45. The van der Waals surface area contributed by atoms with E-state index in [1.807, 2.05) is 0 Å². The number of rotatable bonds is 4. The van der Waals surface area contributed by atoms with E-state index in [1.165, 1.54) is 0 Å². The van der Waals surface area contributed by atoms with Crippen molar-refractivity contribution in [1.82, 2.24) is 0 Å². The summed E-state index contributed by atoms with van der Waals surface area (Å²) in [7, 11) is 0. The predicted octanol–water partition coefficient (Wildman–Crippen LogP) is 0.326. The van der Waals surface area contributed by atoms with Crippen molar-refractivity contribution in [2.45, 2.75) is 13.8 Å². The van der Waals surface area contributed by atoms with E-state index < -0.39 is 17.9 Å². The van der Waals surface area contributed by atoms with Crippen LogP contribution in [0.25, 0.3) is 0 Å². The van der Waals surface area contributed by atoms with E-state index in [9.17, 15) is 0 Å². The number of carbonyl (C=O) groups is 1. The third kappa shape index (κ3) is 12.8. The predicted molar refractivity (Wildman–Crippen MR) is 49.3 cm³/mol. The molecule has 0 saturated carbocycles. The summed E-state index contributed by atoms with van der Waals surface area (Å²) in [6.45, 7) is 3.97. The Morgan fingerprint density at radius 3 is 1.43 bits per heavy atom. The Morgan fingerprint density at radius 1 is 1.07 bits per heavy atom. The molecule has 84 valence electrons. The maximum absolute atomic E-state index is 9.00. The fourth-order valence-corrected chi connectivity index (χ4v) is 0.397. The highest BCUT2D eigenvalue weighted by atomic mass is 16.6. The Morgan fingerprint density at radius 2 is 1.29 bits per heavy atom. The summed E-state index contributed by atoms with van der Waals surface area (Å²) in [6, 6.07) is -0.833. The average molecular weight is 208 g/mol. The minimum atomic E-state index is -0.833. The standard InChI is InChI=1S/C6H12O4.CH4N2O/c1-3-9-5(7)6(8)10-4-2;2-1(3)4/h7-8H,3-4H2,1-2H3;(H4,2,3,4). The van der Waals surface area contributed by atoms with Crippen molar-refractivity contribution < 1.29 is 24.5 Å². The number of primary amides is 2. The van der Waals surface area contributed by atoms with E-state index in [1.54, 1.807) is 13.8 Å². The third-order valence-electron chi connectivity index (χ3n) is 0.745. The van der Waals surface area contributed by atoms with Crippen LogP contribution >= 0.6 is 0 Å². The Hall–Kier alpha value is -1.79. The Balaban J connectivity index is 0. The molecule has 0 aromatic carbocycles. The Labute approximate surface area is 81.9 Å². The average Bonchev–Trinajstić information content (AvgIpc) is 2.04. The third-order valence-corrected chi connectivity index (χ3v) is 0.745. The summed E-state index contributed by atoms with van der Waals surface area (Å²) >= 11 is 0. The largest absolute Gasteiger partial charge is 0.476 e. The molecule has 0 heterocycles. The highest BCUT2D eigenvalue weighted by molar-refractivity contribution is 5.69. The number of hydrogen-bond donors (Lipinski definition) is 4. The van der Waals surface area contributed by atoms with Gasteiger partial charge in [0.25, 0.3) is 0 Å². The maximum Gasteiger partial charge on any atom is 0.361 e. The molecular formula is C7H16N2O5. The molecule has 0 spiro atoms. The van der Waals surface area contributed by atoms with Crippen molar-refractivity contribution in [3.05, 3.63) is 11.9 Å². The van der Waals surface area contributed by atoms with Crippen LogP contribution in [0.2, 0.25) is 0 Å². The zero-order chi connectivity index (χ0) is 11.6. The second-order valence-corrected chi connectivity index (χ2v) is 1.88. The van der Waals surface area contributed by atoms with E-state index in [2.05, 4.69) is 20.9 Å². The molecule has 0 aromatic rings. The second-order valence-electron chi connectivity index (χ2n) is 1.88. The molecule has 0 bridgehead atoms. The molecule has 0 saturated heterocycles. The summed E-state index contributed by atoms with van der Waals surface area (Å²) in [4.78, 5) is 9.00. The zero-order valence-electron chi connectivity index (χ0n) is 8.19. The highest BCUT2D eigenvalue weighted by Crippen LogP contribution is 1.99. The number of carbonyl (C=O) groups excluding carboxylic acids is 1. The molecule has 14 heavy (non-hydrogen) atoms. The quantitative estimate of drug-likeness (QED) is 0.495. The molecule has 0 rings (SSSR count). The second kappa shape index (κ2) is 9.30. The molecule has 0 fully saturated rings. The fraction of sp³-hybridized carbons (Fsp3) is 0.571. The monoisotopic (exact) mass is 208 g/mol. The molecule has 2 amide bonds. The molecule has 7 nitrogen and oxygen atoms in total.